The van der Waals surface area contributed by atoms with Gasteiger partial charge in [0, 0.05) is 31.6 Å². The van der Waals surface area contributed by atoms with Crippen molar-refractivity contribution < 1.29 is 68.0 Å². The van der Waals surface area contributed by atoms with Gasteiger partial charge < -0.3 is 57.7 Å². The first-order valence-corrected chi connectivity index (χ1v) is 26.7. The van der Waals surface area contributed by atoms with Crippen molar-refractivity contribution in [2.24, 2.45) is 5.73 Å². The molecule has 0 saturated carbocycles. The highest BCUT2D eigenvalue weighted by molar-refractivity contribution is 5.98. The summed E-state index contributed by atoms with van der Waals surface area (Å²) in [5.74, 6) is -11.0. The molecule has 0 heterocycles. The molecule has 0 radical (unpaired) electrons. The minimum absolute atomic E-state index is 0.181. The molecule has 5 atom stereocenters. The second-order valence-electron chi connectivity index (χ2n) is 19.8. The Kier molecular flexibility index (Phi) is 21.0. The highest BCUT2D eigenvalue weighted by Gasteiger charge is 2.39. The Morgan fingerprint density at radius 2 is 0.831 bits per heavy atom. The van der Waals surface area contributed by atoms with Crippen LogP contribution in [0.3, 0.4) is 0 Å². The van der Waals surface area contributed by atoms with E-state index in [4.69, 9.17) is 10.5 Å². The summed E-state index contributed by atoms with van der Waals surface area (Å²) in [5.41, 5.74) is 10.4. The number of hydrogen-bond donors (Lipinski definition) is 10. The Bertz CT molecular complexity index is 3150. The predicted octanol–water partition coefficient (Wildman–Crippen LogP) is 4.65. The van der Waals surface area contributed by atoms with Crippen molar-refractivity contribution in [3.63, 3.8) is 0 Å². The van der Waals surface area contributed by atoms with E-state index in [2.05, 4.69) is 31.9 Å². The summed E-state index contributed by atoms with van der Waals surface area (Å²) in [6.45, 7) is -0.181. The third-order valence-electron chi connectivity index (χ3n) is 14.1. The molecular formula is C62H63N7O14. The molecule has 6 aromatic rings. The molecule has 7 amide bonds. The van der Waals surface area contributed by atoms with Crippen molar-refractivity contribution in [1.82, 2.24) is 31.9 Å². The van der Waals surface area contributed by atoms with Gasteiger partial charge in [-0.25, -0.2) is 9.59 Å². The summed E-state index contributed by atoms with van der Waals surface area (Å²) in [7, 11) is 0. The largest absolute Gasteiger partial charge is 0.481 e. The minimum Gasteiger partial charge on any atom is -0.481 e. The van der Waals surface area contributed by atoms with E-state index in [1.54, 1.807) is 84.9 Å². The molecule has 1 aliphatic rings. The van der Waals surface area contributed by atoms with Crippen molar-refractivity contribution in [2.75, 3.05) is 6.61 Å². The second kappa shape index (κ2) is 28.8. The lowest BCUT2D eigenvalue weighted by Gasteiger charge is -2.37. The van der Waals surface area contributed by atoms with Gasteiger partial charge in [0.25, 0.3) is 0 Å². The fourth-order valence-electron chi connectivity index (χ4n) is 10.0. The van der Waals surface area contributed by atoms with E-state index >= 15 is 0 Å². The third kappa shape index (κ3) is 16.2. The normalized spacial score (nSPS) is 13.4. The van der Waals surface area contributed by atoms with Gasteiger partial charge in [0.15, 0.2) is 0 Å². The number of rotatable bonds is 29. The van der Waals surface area contributed by atoms with Gasteiger partial charge in [0.05, 0.1) is 6.42 Å². The summed E-state index contributed by atoms with van der Waals surface area (Å²) in [6.07, 6.45) is -5.78. The molecule has 0 saturated heterocycles. The maximum atomic E-state index is 14.7. The van der Waals surface area contributed by atoms with Crippen molar-refractivity contribution in [3.8, 4) is 11.1 Å². The Labute approximate surface area is 477 Å². The maximum Gasteiger partial charge on any atom is 0.407 e. The van der Waals surface area contributed by atoms with E-state index in [-0.39, 0.29) is 18.9 Å². The monoisotopic (exact) mass is 1130 g/mol. The van der Waals surface area contributed by atoms with Crippen LogP contribution >= 0.6 is 0 Å². The van der Waals surface area contributed by atoms with Crippen LogP contribution in [0.25, 0.3) is 11.1 Å². The fourth-order valence-corrected chi connectivity index (χ4v) is 10.0. The zero-order valence-electron chi connectivity index (χ0n) is 44.9. The third-order valence-corrected chi connectivity index (χ3v) is 14.1. The van der Waals surface area contributed by atoms with E-state index < -0.39 is 140 Å². The number of carboxylic acid groups (broad SMARTS) is 3. The van der Waals surface area contributed by atoms with Crippen LogP contribution in [0.2, 0.25) is 0 Å². The summed E-state index contributed by atoms with van der Waals surface area (Å²) >= 11 is 0. The second-order valence-corrected chi connectivity index (χ2v) is 19.8. The van der Waals surface area contributed by atoms with Crippen LogP contribution in [-0.4, -0.2) is 112 Å². The SMILES string of the molecule is NC(=O)C[C@H](NC(=O)[C@H](CCC(=O)O)NC(=O)OCC1c2ccccc2-c2ccccc21)C(=O)N[C@@H](CCC(=O)NC(c1ccccc1)(c1ccccc1)c1ccccc1)C(=O)N[C@@H](CCC(=O)O)C(=O)N[C@@H](Cc1ccccc1)C(=O)O. The molecule has 7 rings (SSSR count). The molecular weight excluding hydrogens is 1070 g/mol. The van der Waals surface area contributed by atoms with Crippen LogP contribution in [0.1, 0.15) is 84.2 Å². The summed E-state index contributed by atoms with van der Waals surface area (Å²) in [6, 6.07) is 41.7. The van der Waals surface area contributed by atoms with Gasteiger partial charge in [-0.2, -0.15) is 0 Å². The van der Waals surface area contributed by atoms with Crippen molar-refractivity contribution in [1.29, 1.82) is 0 Å². The van der Waals surface area contributed by atoms with Gasteiger partial charge in [-0.15, -0.1) is 0 Å². The molecule has 11 N–H and O–H groups in total. The average Bonchev–Trinajstić information content (AvgIpc) is 3.66. The van der Waals surface area contributed by atoms with Crippen LogP contribution < -0.4 is 37.6 Å². The number of fused-ring (bicyclic) bond motifs is 3. The lowest BCUT2D eigenvalue weighted by Crippen LogP contribution is -2.59. The first kappa shape index (κ1) is 60.5. The molecule has 430 valence electrons. The molecule has 0 spiro atoms. The fraction of sp³-hybridized carbons (Fsp3) is 0.258. The van der Waals surface area contributed by atoms with E-state index in [0.717, 1.165) is 22.3 Å². The lowest BCUT2D eigenvalue weighted by atomic mass is 9.77. The average molecular weight is 1130 g/mol. The van der Waals surface area contributed by atoms with Crippen LogP contribution in [0.4, 0.5) is 4.79 Å². The standard InChI is InChI=1S/C62H63N7O14/c63-52(70)36-50(66-58(78)49(31-34-55(74)75)68-61(82)83-37-46-44-27-15-13-25-42(44)43-26-14-16-28-45(43)46)59(79)65-47(56(76)64-48(30-33-54(72)73)57(77)67-51(60(80)81)35-38-17-5-1-6-18-38)29-32-53(71)69-62(39-19-7-2-8-20-39,40-21-9-3-10-22-40)41-23-11-4-12-24-41/h1-28,46-51H,29-37H2,(H2,63,70)(H,64,76)(H,65,79)(H,66,78)(H,67,77)(H,68,82)(H,69,71)(H,72,73)(H,74,75)(H,80,81)/t47-,48-,49-,50-,51-/m0/s1. The van der Waals surface area contributed by atoms with Gasteiger partial charge in [-0.3, -0.25) is 38.4 Å². The van der Waals surface area contributed by atoms with Gasteiger partial charge in [0.1, 0.15) is 42.4 Å². The number of nitrogens with one attached hydrogen (secondary N) is 6. The summed E-state index contributed by atoms with van der Waals surface area (Å²) in [5, 5.41) is 44.5. The first-order chi connectivity index (χ1) is 39.9. The Balaban J connectivity index is 1.15. The van der Waals surface area contributed by atoms with Crippen LogP contribution in [0, 0.1) is 0 Å². The summed E-state index contributed by atoms with van der Waals surface area (Å²) in [4.78, 5) is 134. The molecule has 1 aliphatic carbocycles. The number of aliphatic carboxylic acids is 3. The number of alkyl carbamates (subject to hydrolysis) is 1. The van der Waals surface area contributed by atoms with E-state index in [1.807, 2.05) is 84.9 Å². The highest BCUT2D eigenvalue weighted by Crippen LogP contribution is 2.44. The van der Waals surface area contributed by atoms with Gasteiger partial charge in [-0.05, 0) is 63.8 Å². The van der Waals surface area contributed by atoms with Crippen molar-refractivity contribution in [2.45, 2.75) is 93.0 Å². The lowest BCUT2D eigenvalue weighted by molar-refractivity contribution is -0.143. The number of benzene rings is 6. The topological polar surface area (TPSA) is 339 Å². The number of hydrogen-bond acceptors (Lipinski definition) is 11. The summed E-state index contributed by atoms with van der Waals surface area (Å²) < 4.78 is 5.61. The highest BCUT2D eigenvalue weighted by atomic mass is 16.5. The molecule has 21 heteroatoms. The van der Waals surface area contributed by atoms with Gasteiger partial charge in [0.2, 0.25) is 35.4 Å². The Hall–Kier alpha value is -10.2. The number of primary amides is 1. The van der Waals surface area contributed by atoms with E-state index in [1.165, 1.54) is 0 Å². The number of amides is 7. The molecule has 21 nitrogen and oxygen atoms in total. The van der Waals surface area contributed by atoms with Crippen molar-refractivity contribution in [3.05, 3.63) is 203 Å². The first-order valence-electron chi connectivity index (χ1n) is 26.7. The quantitative estimate of drug-likeness (QED) is 0.0286. The van der Waals surface area contributed by atoms with Gasteiger partial charge in [-0.1, -0.05) is 170 Å². The number of ether oxygens (including phenoxy) is 1. The molecule has 83 heavy (non-hydrogen) atoms. The molecule has 0 aliphatic heterocycles. The molecule has 0 bridgehead atoms. The zero-order valence-corrected chi connectivity index (χ0v) is 44.9. The maximum absolute atomic E-state index is 14.7. The predicted molar refractivity (Wildman–Crippen MR) is 302 cm³/mol. The molecule has 0 fully saturated rings. The Morgan fingerprint density at radius 1 is 0.458 bits per heavy atom. The van der Waals surface area contributed by atoms with Gasteiger partial charge >= 0.3 is 24.0 Å². The van der Waals surface area contributed by atoms with Crippen molar-refractivity contribution >= 4 is 59.4 Å². The smallest absolute Gasteiger partial charge is 0.407 e. The van der Waals surface area contributed by atoms with E-state index in [9.17, 15) is 63.3 Å². The van der Waals surface area contributed by atoms with Crippen LogP contribution in [-0.2, 0) is 59.8 Å². The number of nitrogens with two attached hydrogens (primary N) is 1. The molecule has 0 unspecified atom stereocenters. The van der Waals surface area contributed by atoms with Crippen LogP contribution in [0.5, 0.6) is 0 Å². The molecule has 6 aromatic carbocycles. The Morgan fingerprint density at radius 3 is 1.27 bits per heavy atom. The number of carbonyl (C=O) groups is 10. The zero-order chi connectivity index (χ0) is 59.5. The van der Waals surface area contributed by atoms with Crippen LogP contribution in [0.15, 0.2) is 170 Å². The minimum atomic E-state index is -1.93. The number of carbonyl (C=O) groups excluding carboxylic acids is 7. The molecule has 0 aromatic heterocycles. The number of carboxylic acids is 3. The van der Waals surface area contributed by atoms with E-state index in [0.29, 0.717) is 22.3 Å².